The normalized spacial score (nSPS) is 12.3. The van der Waals surface area contributed by atoms with Gasteiger partial charge in [0.1, 0.15) is 0 Å². The first-order chi connectivity index (χ1) is 6.80. The Morgan fingerprint density at radius 1 is 1.00 bits per heavy atom. The monoisotopic (exact) mass is 221 g/mol. The summed E-state index contributed by atoms with van der Waals surface area (Å²) in [5, 5.41) is 8.40. The van der Waals surface area contributed by atoms with Crippen molar-refractivity contribution in [3.05, 3.63) is 35.4 Å². The maximum Gasteiger partial charge on any atom is 0.458 e. The van der Waals surface area contributed by atoms with E-state index in [-0.39, 0.29) is 0 Å². The Morgan fingerprint density at radius 3 is 2.00 bits per heavy atom. The molecule has 1 nitrogen and oxygen atoms in total. The van der Waals surface area contributed by atoms with Gasteiger partial charge < -0.3 is 0 Å². The van der Waals surface area contributed by atoms with Gasteiger partial charge in [-0.25, -0.2) is 0 Å². The van der Waals surface area contributed by atoms with E-state index in [4.69, 9.17) is 5.26 Å². The van der Waals surface area contributed by atoms with E-state index in [9.17, 15) is 22.0 Å². The summed E-state index contributed by atoms with van der Waals surface area (Å²) in [4.78, 5) is 0. The second-order valence-electron chi connectivity index (χ2n) is 2.73. The van der Waals surface area contributed by atoms with Crippen molar-refractivity contribution in [2.24, 2.45) is 0 Å². The lowest BCUT2D eigenvalue weighted by Gasteiger charge is -2.20. The Hall–Kier alpha value is -1.64. The van der Waals surface area contributed by atoms with Gasteiger partial charge in [0, 0.05) is 5.56 Å². The molecule has 0 heterocycles. The van der Waals surface area contributed by atoms with Crippen LogP contribution in [0.3, 0.4) is 0 Å². The summed E-state index contributed by atoms with van der Waals surface area (Å²) in [5.74, 6) is -5.00. The van der Waals surface area contributed by atoms with Crippen LogP contribution < -0.4 is 0 Å². The van der Waals surface area contributed by atoms with Gasteiger partial charge in [-0.1, -0.05) is 18.2 Å². The van der Waals surface area contributed by atoms with Crippen LogP contribution in [0.25, 0.3) is 0 Å². The van der Waals surface area contributed by atoms with Crippen molar-refractivity contribution in [2.75, 3.05) is 0 Å². The van der Waals surface area contributed by atoms with Crippen LogP contribution >= 0.6 is 0 Å². The highest BCUT2D eigenvalue weighted by Gasteiger charge is 2.59. The average molecular weight is 221 g/mol. The third-order valence-corrected chi connectivity index (χ3v) is 1.74. The second-order valence-corrected chi connectivity index (χ2v) is 2.73. The molecule has 0 radical (unpaired) electrons. The number of hydrogen-bond acceptors (Lipinski definition) is 1. The van der Waals surface area contributed by atoms with Crippen LogP contribution in [-0.2, 0) is 5.92 Å². The third-order valence-electron chi connectivity index (χ3n) is 1.74. The van der Waals surface area contributed by atoms with E-state index in [1.165, 1.54) is 12.1 Å². The Kier molecular flexibility index (Phi) is 2.67. The molecule has 1 aromatic rings. The van der Waals surface area contributed by atoms with Crippen molar-refractivity contribution in [3.63, 3.8) is 0 Å². The predicted molar refractivity (Wildman–Crippen MR) is 41.1 cm³/mol. The lowest BCUT2D eigenvalue weighted by Crippen LogP contribution is -2.34. The van der Waals surface area contributed by atoms with E-state index < -0.39 is 23.2 Å². The van der Waals surface area contributed by atoms with Crippen LogP contribution in [0, 0.1) is 11.3 Å². The lowest BCUT2D eigenvalue weighted by molar-refractivity contribution is -0.289. The SMILES string of the molecule is N#Cc1ccccc1C(F)(F)C(F)(F)F. The van der Waals surface area contributed by atoms with E-state index in [0.29, 0.717) is 6.07 Å². The molecule has 0 bridgehead atoms. The van der Waals surface area contributed by atoms with Crippen molar-refractivity contribution in [1.82, 2.24) is 0 Å². The largest absolute Gasteiger partial charge is 0.458 e. The topological polar surface area (TPSA) is 23.8 Å². The summed E-state index contributed by atoms with van der Waals surface area (Å²) in [6.45, 7) is 0. The number of nitriles is 1. The standard InChI is InChI=1S/C9H4F5N/c10-8(11,9(12,13)14)7-4-2-1-3-6(7)5-15/h1-4H. The summed E-state index contributed by atoms with van der Waals surface area (Å²) in [6, 6.07) is 5.04. The molecular formula is C9H4F5N. The summed E-state index contributed by atoms with van der Waals surface area (Å²) >= 11 is 0. The fourth-order valence-electron chi connectivity index (χ4n) is 1.01. The molecule has 0 aromatic heterocycles. The van der Waals surface area contributed by atoms with Gasteiger partial charge >= 0.3 is 12.1 Å². The zero-order valence-corrected chi connectivity index (χ0v) is 7.15. The van der Waals surface area contributed by atoms with Crippen LogP contribution in [0.1, 0.15) is 11.1 Å². The number of alkyl halides is 5. The molecular weight excluding hydrogens is 217 g/mol. The van der Waals surface area contributed by atoms with Gasteiger partial charge in [-0.2, -0.15) is 27.2 Å². The minimum Gasteiger partial charge on any atom is -0.192 e. The van der Waals surface area contributed by atoms with Gasteiger partial charge in [0.05, 0.1) is 11.6 Å². The molecule has 1 aromatic carbocycles. The van der Waals surface area contributed by atoms with Crippen LogP contribution in [-0.4, -0.2) is 6.18 Å². The van der Waals surface area contributed by atoms with Crippen LogP contribution in [0.2, 0.25) is 0 Å². The number of halogens is 5. The molecule has 6 heteroatoms. The van der Waals surface area contributed by atoms with E-state index in [2.05, 4.69) is 0 Å². The lowest BCUT2D eigenvalue weighted by atomic mass is 10.0. The van der Waals surface area contributed by atoms with E-state index >= 15 is 0 Å². The summed E-state index contributed by atoms with van der Waals surface area (Å²) in [7, 11) is 0. The molecule has 15 heavy (non-hydrogen) atoms. The smallest absolute Gasteiger partial charge is 0.192 e. The zero-order valence-electron chi connectivity index (χ0n) is 7.15. The van der Waals surface area contributed by atoms with E-state index in [1.54, 1.807) is 0 Å². The van der Waals surface area contributed by atoms with Crippen molar-refractivity contribution in [1.29, 1.82) is 5.26 Å². The van der Waals surface area contributed by atoms with Gasteiger partial charge in [-0.3, -0.25) is 0 Å². The summed E-state index contributed by atoms with van der Waals surface area (Å²) in [6.07, 6.45) is -5.69. The fraction of sp³-hybridized carbons (Fsp3) is 0.222. The fourth-order valence-corrected chi connectivity index (χ4v) is 1.01. The van der Waals surface area contributed by atoms with Gasteiger partial charge in [-0.05, 0) is 6.07 Å². The number of hydrogen-bond donors (Lipinski definition) is 0. The molecule has 1 rings (SSSR count). The first-order valence-corrected chi connectivity index (χ1v) is 3.75. The van der Waals surface area contributed by atoms with Crippen LogP contribution in [0.4, 0.5) is 22.0 Å². The van der Waals surface area contributed by atoms with Gasteiger partial charge in [0.25, 0.3) is 0 Å². The highest BCUT2D eigenvalue weighted by molar-refractivity contribution is 5.40. The van der Waals surface area contributed by atoms with E-state index in [0.717, 1.165) is 12.1 Å². The highest BCUT2D eigenvalue weighted by Crippen LogP contribution is 2.44. The number of benzene rings is 1. The molecule has 0 aliphatic heterocycles. The van der Waals surface area contributed by atoms with Crippen molar-refractivity contribution in [3.8, 4) is 6.07 Å². The molecule has 0 spiro atoms. The molecule has 0 aliphatic carbocycles. The second kappa shape index (κ2) is 3.50. The Balaban J connectivity index is 3.34. The van der Waals surface area contributed by atoms with Crippen LogP contribution in [0.5, 0.6) is 0 Å². The van der Waals surface area contributed by atoms with Crippen molar-refractivity contribution >= 4 is 0 Å². The zero-order chi connectivity index (χ0) is 11.7. The Labute approximate surface area is 81.7 Å². The molecule has 0 aliphatic rings. The maximum atomic E-state index is 12.8. The van der Waals surface area contributed by atoms with Gasteiger partial charge in [0.2, 0.25) is 0 Å². The number of nitrogens with zero attached hydrogens (tertiary/aromatic N) is 1. The summed E-state index contributed by atoms with van der Waals surface area (Å²) in [5.41, 5.74) is -2.00. The van der Waals surface area contributed by atoms with Gasteiger partial charge in [-0.15, -0.1) is 0 Å². The van der Waals surface area contributed by atoms with E-state index in [1.807, 2.05) is 0 Å². The van der Waals surface area contributed by atoms with Crippen molar-refractivity contribution in [2.45, 2.75) is 12.1 Å². The summed E-state index contributed by atoms with van der Waals surface area (Å²) < 4.78 is 61.6. The quantitative estimate of drug-likeness (QED) is 0.668. The minimum atomic E-state index is -5.69. The van der Waals surface area contributed by atoms with Gasteiger partial charge in [0.15, 0.2) is 0 Å². The molecule has 0 saturated heterocycles. The predicted octanol–water partition coefficient (Wildman–Crippen LogP) is 3.21. The third kappa shape index (κ3) is 1.91. The molecule has 0 atom stereocenters. The molecule has 80 valence electrons. The van der Waals surface area contributed by atoms with Crippen LogP contribution in [0.15, 0.2) is 24.3 Å². The van der Waals surface area contributed by atoms with Crippen molar-refractivity contribution < 1.29 is 22.0 Å². The number of rotatable bonds is 1. The molecule has 0 fully saturated rings. The Bertz CT molecular complexity index is 402. The first-order valence-electron chi connectivity index (χ1n) is 3.75. The average Bonchev–Trinajstić information content (AvgIpc) is 2.16. The Morgan fingerprint density at radius 2 is 1.53 bits per heavy atom. The highest BCUT2D eigenvalue weighted by atomic mass is 19.4. The molecule has 0 unspecified atom stereocenters. The maximum absolute atomic E-state index is 12.8. The molecule has 0 saturated carbocycles. The molecule has 0 N–H and O–H groups in total. The molecule has 0 amide bonds. The minimum absolute atomic E-state index is 0.589. The first kappa shape index (κ1) is 11.4.